The van der Waals surface area contributed by atoms with Crippen LogP contribution in [0.1, 0.15) is 34.7 Å². The summed E-state index contributed by atoms with van der Waals surface area (Å²) in [5.74, 6) is 0.921. The molecular formula is C21H17N5O. The van der Waals surface area contributed by atoms with Crippen LogP contribution < -0.4 is 5.32 Å². The third-order valence-corrected chi connectivity index (χ3v) is 4.77. The first-order valence-corrected chi connectivity index (χ1v) is 8.95. The van der Waals surface area contributed by atoms with Crippen molar-refractivity contribution < 1.29 is 4.79 Å². The van der Waals surface area contributed by atoms with Crippen LogP contribution in [0.5, 0.6) is 0 Å². The van der Waals surface area contributed by atoms with Gasteiger partial charge in [0.1, 0.15) is 5.82 Å². The second-order valence-corrected chi connectivity index (χ2v) is 6.69. The normalized spacial score (nSPS) is 13.6. The minimum atomic E-state index is -0.201. The fraction of sp³-hybridized carbons (Fsp3) is 0.143. The van der Waals surface area contributed by atoms with Crippen molar-refractivity contribution in [1.29, 1.82) is 0 Å². The first kappa shape index (κ1) is 15.7. The molecule has 0 saturated heterocycles. The largest absolute Gasteiger partial charge is 0.306 e. The van der Waals surface area contributed by atoms with E-state index >= 15 is 0 Å². The maximum atomic E-state index is 12.7. The van der Waals surface area contributed by atoms with E-state index in [0.717, 1.165) is 35.3 Å². The number of nitrogens with one attached hydrogen (secondary N) is 1. The summed E-state index contributed by atoms with van der Waals surface area (Å²) in [5, 5.41) is 7.47. The molecule has 132 valence electrons. The Bertz CT molecular complexity index is 1120. The monoisotopic (exact) mass is 355 g/mol. The molecule has 1 aliphatic carbocycles. The molecule has 6 nitrogen and oxygen atoms in total. The van der Waals surface area contributed by atoms with Crippen LogP contribution in [0.15, 0.2) is 67.1 Å². The Balaban J connectivity index is 1.62. The van der Waals surface area contributed by atoms with Gasteiger partial charge < -0.3 is 5.32 Å². The maximum Gasteiger partial charge on any atom is 0.256 e. The molecule has 1 N–H and O–H groups in total. The predicted octanol–water partition coefficient (Wildman–Crippen LogP) is 3.92. The zero-order valence-electron chi connectivity index (χ0n) is 14.5. The Morgan fingerprint density at radius 3 is 2.59 bits per heavy atom. The Kier molecular flexibility index (Phi) is 3.67. The molecule has 27 heavy (non-hydrogen) atoms. The van der Waals surface area contributed by atoms with Crippen molar-refractivity contribution in [3.05, 3.63) is 78.2 Å². The lowest BCUT2D eigenvalue weighted by Gasteiger charge is -2.10. The molecule has 0 aliphatic heterocycles. The molecule has 4 aromatic rings. The molecule has 0 unspecified atom stereocenters. The number of carbonyl (C=O) groups excluding carboxylic acids is 1. The number of fused-ring (bicyclic) bond motifs is 1. The van der Waals surface area contributed by atoms with Gasteiger partial charge in [-0.25, -0.2) is 4.98 Å². The third-order valence-electron chi connectivity index (χ3n) is 4.77. The summed E-state index contributed by atoms with van der Waals surface area (Å²) in [4.78, 5) is 21.5. The van der Waals surface area contributed by atoms with Gasteiger partial charge >= 0.3 is 0 Å². The van der Waals surface area contributed by atoms with Gasteiger partial charge in [0.15, 0.2) is 5.65 Å². The number of amides is 1. The van der Waals surface area contributed by atoms with E-state index < -0.39 is 0 Å². The van der Waals surface area contributed by atoms with Gasteiger partial charge in [-0.3, -0.25) is 9.78 Å². The van der Waals surface area contributed by atoms with Crippen LogP contribution in [0.25, 0.3) is 16.9 Å². The number of carbonyl (C=O) groups is 1. The van der Waals surface area contributed by atoms with Gasteiger partial charge in [0.05, 0.1) is 11.9 Å². The average molecular weight is 355 g/mol. The van der Waals surface area contributed by atoms with Crippen molar-refractivity contribution in [3.8, 4) is 11.3 Å². The molecule has 3 aromatic heterocycles. The molecule has 0 radical (unpaired) electrons. The predicted molar refractivity (Wildman–Crippen MR) is 103 cm³/mol. The second kappa shape index (κ2) is 6.32. The van der Waals surface area contributed by atoms with Gasteiger partial charge in [-0.15, -0.1) is 0 Å². The topological polar surface area (TPSA) is 72.2 Å². The fourth-order valence-electron chi connectivity index (χ4n) is 3.20. The van der Waals surface area contributed by atoms with Gasteiger partial charge in [0, 0.05) is 35.2 Å². The Labute approximate surface area is 155 Å². The standard InChI is InChI=1S/C21H17N5O/c27-21(16-8-10-22-11-9-16)25-19-12-18(15-4-2-1-3-5-15)24-20-17(14-6-7-14)13-23-26(19)20/h1-5,8-14H,6-7H2,(H,25,27). The fourth-order valence-corrected chi connectivity index (χ4v) is 3.20. The highest BCUT2D eigenvalue weighted by Gasteiger charge is 2.28. The Hall–Kier alpha value is -3.54. The van der Waals surface area contributed by atoms with E-state index in [1.165, 1.54) is 0 Å². The van der Waals surface area contributed by atoms with E-state index in [4.69, 9.17) is 4.98 Å². The number of benzene rings is 1. The number of pyridine rings is 1. The summed E-state index contributed by atoms with van der Waals surface area (Å²) in [7, 11) is 0. The highest BCUT2D eigenvalue weighted by atomic mass is 16.1. The van der Waals surface area contributed by atoms with Gasteiger partial charge in [-0.1, -0.05) is 30.3 Å². The average Bonchev–Trinajstić information content (AvgIpc) is 3.48. The molecule has 5 rings (SSSR count). The van der Waals surface area contributed by atoms with Gasteiger partial charge in [0.25, 0.3) is 5.91 Å². The zero-order valence-corrected chi connectivity index (χ0v) is 14.5. The van der Waals surface area contributed by atoms with Crippen LogP contribution in [0, 0.1) is 0 Å². The molecule has 6 heteroatoms. The van der Waals surface area contributed by atoms with Gasteiger partial charge in [0.2, 0.25) is 0 Å². The summed E-state index contributed by atoms with van der Waals surface area (Å²) >= 11 is 0. The van der Waals surface area contributed by atoms with E-state index in [1.54, 1.807) is 29.0 Å². The molecule has 1 aromatic carbocycles. The van der Waals surface area contributed by atoms with E-state index in [9.17, 15) is 4.79 Å². The molecule has 1 amide bonds. The van der Waals surface area contributed by atoms with Crippen molar-refractivity contribution in [1.82, 2.24) is 19.6 Å². The molecular weight excluding hydrogens is 338 g/mol. The molecule has 3 heterocycles. The van der Waals surface area contributed by atoms with Crippen LogP contribution >= 0.6 is 0 Å². The Morgan fingerprint density at radius 2 is 1.85 bits per heavy atom. The SMILES string of the molecule is O=C(Nc1cc(-c2ccccc2)nc2c(C3CC3)cnn12)c1ccncc1. The zero-order chi connectivity index (χ0) is 18.2. The maximum absolute atomic E-state index is 12.7. The smallest absolute Gasteiger partial charge is 0.256 e. The number of anilines is 1. The highest BCUT2D eigenvalue weighted by molar-refractivity contribution is 6.04. The summed E-state index contributed by atoms with van der Waals surface area (Å²) in [5.41, 5.74) is 4.32. The van der Waals surface area contributed by atoms with E-state index in [0.29, 0.717) is 17.3 Å². The first-order chi connectivity index (χ1) is 13.3. The van der Waals surface area contributed by atoms with E-state index in [-0.39, 0.29) is 5.91 Å². The second-order valence-electron chi connectivity index (χ2n) is 6.69. The summed E-state index contributed by atoms with van der Waals surface area (Å²) < 4.78 is 1.72. The van der Waals surface area contributed by atoms with Crippen LogP contribution in [-0.2, 0) is 0 Å². The lowest BCUT2D eigenvalue weighted by Crippen LogP contribution is -2.15. The van der Waals surface area contributed by atoms with Crippen LogP contribution in [0.3, 0.4) is 0 Å². The van der Waals surface area contributed by atoms with Crippen LogP contribution in [0.2, 0.25) is 0 Å². The van der Waals surface area contributed by atoms with Crippen LogP contribution in [-0.4, -0.2) is 25.5 Å². The van der Waals surface area contributed by atoms with Crippen molar-refractivity contribution in [2.24, 2.45) is 0 Å². The third kappa shape index (κ3) is 2.95. The lowest BCUT2D eigenvalue weighted by atomic mass is 10.1. The first-order valence-electron chi connectivity index (χ1n) is 8.95. The Morgan fingerprint density at radius 1 is 1.07 bits per heavy atom. The van der Waals surface area contributed by atoms with Gasteiger partial charge in [-0.05, 0) is 30.9 Å². The summed E-state index contributed by atoms with van der Waals surface area (Å²) in [6.07, 6.45) is 7.41. The molecule has 1 aliphatic rings. The number of aromatic nitrogens is 4. The molecule has 0 bridgehead atoms. The minimum absolute atomic E-state index is 0.201. The lowest BCUT2D eigenvalue weighted by molar-refractivity contribution is 0.102. The number of rotatable bonds is 4. The quantitative estimate of drug-likeness (QED) is 0.602. The molecule has 1 fully saturated rings. The molecule has 1 saturated carbocycles. The van der Waals surface area contributed by atoms with Crippen LogP contribution in [0.4, 0.5) is 5.82 Å². The van der Waals surface area contributed by atoms with Crippen molar-refractivity contribution in [2.45, 2.75) is 18.8 Å². The van der Waals surface area contributed by atoms with E-state index in [1.807, 2.05) is 42.6 Å². The van der Waals surface area contributed by atoms with Crippen molar-refractivity contribution in [2.75, 3.05) is 5.32 Å². The minimum Gasteiger partial charge on any atom is -0.306 e. The molecule has 0 spiro atoms. The number of hydrogen-bond donors (Lipinski definition) is 1. The van der Waals surface area contributed by atoms with Gasteiger partial charge in [-0.2, -0.15) is 9.61 Å². The van der Waals surface area contributed by atoms with E-state index in [2.05, 4.69) is 15.4 Å². The number of hydrogen-bond acceptors (Lipinski definition) is 4. The van der Waals surface area contributed by atoms with Crippen molar-refractivity contribution in [3.63, 3.8) is 0 Å². The number of nitrogens with zero attached hydrogens (tertiary/aromatic N) is 4. The highest BCUT2D eigenvalue weighted by Crippen LogP contribution is 2.42. The van der Waals surface area contributed by atoms with Crippen molar-refractivity contribution >= 4 is 17.4 Å². The summed E-state index contributed by atoms with van der Waals surface area (Å²) in [6.45, 7) is 0. The summed E-state index contributed by atoms with van der Waals surface area (Å²) in [6, 6.07) is 15.2. The molecule has 0 atom stereocenters.